The second kappa shape index (κ2) is 5.03. The molecule has 1 fully saturated rings. The highest BCUT2D eigenvalue weighted by Crippen LogP contribution is 2.37. The Hall–Kier alpha value is 0.150. The summed E-state index contributed by atoms with van der Waals surface area (Å²) in [6, 6.07) is 1.01. The van der Waals surface area contributed by atoms with Crippen LogP contribution in [0.15, 0.2) is 11.0 Å². The minimum Gasteiger partial charge on any atom is -0.395 e. The molecule has 0 unspecified atom stereocenters. The molecule has 0 saturated carbocycles. The molecule has 0 radical (unpaired) electrons. The van der Waals surface area contributed by atoms with E-state index in [1.54, 1.807) is 0 Å². The number of hydrogen-bond acceptors (Lipinski definition) is 4. The third kappa shape index (κ3) is 2.47. The van der Waals surface area contributed by atoms with Crippen LogP contribution in [0, 0.1) is 0 Å². The highest BCUT2D eigenvalue weighted by molar-refractivity contribution is 7.89. The van der Waals surface area contributed by atoms with E-state index < -0.39 is 10.0 Å². The lowest BCUT2D eigenvalue weighted by molar-refractivity contribution is 0.213. The van der Waals surface area contributed by atoms with Crippen LogP contribution in [0.2, 0.25) is 8.67 Å². The molecule has 0 spiro atoms. The number of nitrogens with zero attached hydrogens (tertiary/aromatic N) is 1. The number of aliphatic hydroxyl groups excluding tert-OH is 1. The summed E-state index contributed by atoms with van der Waals surface area (Å²) in [6.45, 7) is 0.242. The van der Waals surface area contributed by atoms with Gasteiger partial charge in [0.2, 0.25) is 10.0 Å². The molecular formula is C9H11Cl2NO3S2. The maximum absolute atomic E-state index is 12.3. The predicted octanol–water partition coefficient (Wildman–Crippen LogP) is 2.20. The van der Waals surface area contributed by atoms with Gasteiger partial charge in [0.05, 0.1) is 10.9 Å². The molecule has 4 nitrogen and oxygen atoms in total. The predicted molar refractivity (Wildman–Crippen MR) is 68.3 cm³/mol. The average Bonchev–Trinajstić information content (AvgIpc) is 2.84. The Bertz CT molecular complexity index is 514. The van der Waals surface area contributed by atoms with E-state index in [0.29, 0.717) is 17.3 Å². The quantitative estimate of drug-likeness (QED) is 0.930. The van der Waals surface area contributed by atoms with Crippen LogP contribution in [0.25, 0.3) is 0 Å². The van der Waals surface area contributed by atoms with Crippen molar-refractivity contribution in [3.05, 3.63) is 14.7 Å². The Kier molecular flexibility index (Phi) is 4.02. The van der Waals surface area contributed by atoms with Gasteiger partial charge in [-0.3, -0.25) is 0 Å². The lowest BCUT2D eigenvalue weighted by Gasteiger charge is -2.21. The maximum atomic E-state index is 12.3. The molecule has 2 heterocycles. The zero-order valence-electron chi connectivity index (χ0n) is 8.77. The van der Waals surface area contributed by atoms with Gasteiger partial charge in [-0.25, -0.2) is 8.42 Å². The van der Waals surface area contributed by atoms with E-state index in [9.17, 15) is 8.42 Å². The topological polar surface area (TPSA) is 57.6 Å². The molecule has 96 valence electrons. The summed E-state index contributed by atoms with van der Waals surface area (Å²) in [5, 5.41) is 9.16. The summed E-state index contributed by atoms with van der Waals surface area (Å²) >= 11 is 12.6. The minimum absolute atomic E-state index is 0.0366. The van der Waals surface area contributed by atoms with Crippen LogP contribution in [0.3, 0.4) is 0 Å². The highest BCUT2D eigenvalue weighted by Gasteiger charge is 2.36. The van der Waals surface area contributed by atoms with Crippen LogP contribution in [0.4, 0.5) is 0 Å². The van der Waals surface area contributed by atoms with Gasteiger partial charge in [-0.1, -0.05) is 23.2 Å². The van der Waals surface area contributed by atoms with Crippen LogP contribution in [-0.2, 0) is 10.0 Å². The van der Waals surface area contributed by atoms with E-state index >= 15 is 0 Å². The molecule has 1 atom stereocenters. The first-order chi connectivity index (χ1) is 7.96. The van der Waals surface area contributed by atoms with E-state index in [0.717, 1.165) is 17.8 Å². The van der Waals surface area contributed by atoms with Gasteiger partial charge in [-0.05, 0) is 18.9 Å². The summed E-state index contributed by atoms with van der Waals surface area (Å²) in [5.74, 6) is 0. The maximum Gasteiger partial charge on any atom is 0.245 e. The monoisotopic (exact) mass is 315 g/mol. The Morgan fingerprint density at radius 1 is 1.53 bits per heavy atom. The fourth-order valence-electron chi connectivity index (χ4n) is 1.94. The molecule has 17 heavy (non-hydrogen) atoms. The van der Waals surface area contributed by atoms with Crippen molar-refractivity contribution in [1.82, 2.24) is 4.31 Å². The van der Waals surface area contributed by atoms with Crippen molar-refractivity contribution in [2.45, 2.75) is 23.8 Å². The standard InChI is InChI=1S/C9H11Cl2NO3S2/c10-8-4-7(9(11)16-8)17(14,15)12-3-1-2-6(12)5-13/h4,6,13H,1-3,5H2/t6-/m0/s1. The van der Waals surface area contributed by atoms with Gasteiger partial charge in [-0.15, -0.1) is 11.3 Å². The lowest BCUT2D eigenvalue weighted by atomic mass is 10.2. The van der Waals surface area contributed by atoms with Crippen LogP contribution >= 0.6 is 34.5 Å². The molecule has 1 N–H and O–H groups in total. The Labute approximate surface area is 114 Å². The summed E-state index contributed by atoms with van der Waals surface area (Å²) in [6.07, 6.45) is 1.42. The molecule has 1 aliphatic heterocycles. The van der Waals surface area contributed by atoms with E-state index in [2.05, 4.69) is 0 Å². The summed E-state index contributed by atoms with van der Waals surface area (Å²) in [7, 11) is -3.64. The van der Waals surface area contributed by atoms with Crippen molar-refractivity contribution in [2.24, 2.45) is 0 Å². The second-order valence-corrected chi connectivity index (χ2v) is 7.93. The molecule has 8 heteroatoms. The van der Waals surface area contributed by atoms with Crippen LogP contribution in [0.1, 0.15) is 12.8 Å². The molecular weight excluding hydrogens is 305 g/mol. The van der Waals surface area contributed by atoms with Crippen molar-refractivity contribution < 1.29 is 13.5 Å². The van der Waals surface area contributed by atoms with Gasteiger partial charge in [-0.2, -0.15) is 4.31 Å². The molecule has 0 bridgehead atoms. The molecule has 1 saturated heterocycles. The number of sulfonamides is 1. The molecule has 0 aliphatic carbocycles. The molecule has 1 aromatic rings. The Morgan fingerprint density at radius 3 is 2.76 bits per heavy atom. The third-order valence-electron chi connectivity index (χ3n) is 2.75. The molecule has 0 amide bonds. The van der Waals surface area contributed by atoms with E-state index in [-0.39, 0.29) is 21.9 Å². The van der Waals surface area contributed by atoms with E-state index in [1.165, 1.54) is 10.4 Å². The van der Waals surface area contributed by atoms with Gasteiger partial charge in [0.15, 0.2) is 0 Å². The van der Waals surface area contributed by atoms with Crippen molar-refractivity contribution >= 4 is 44.6 Å². The zero-order valence-corrected chi connectivity index (χ0v) is 11.9. The summed E-state index contributed by atoms with van der Waals surface area (Å²) in [5.41, 5.74) is 0. The van der Waals surface area contributed by atoms with Gasteiger partial charge in [0, 0.05) is 12.6 Å². The van der Waals surface area contributed by atoms with Gasteiger partial charge >= 0.3 is 0 Å². The number of halogens is 2. The normalized spacial score (nSPS) is 22.2. The Balaban J connectivity index is 2.39. The number of aliphatic hydroxyl groups is 1. The van der Waals surface area contributed by atoms with Gasteiger partial charge in [0.1, 0.15) is 9.23 Å². The molecule has 0 aromatic carbocycles. The van der Waals surface area contributed by atoms with E-state index in [4.69, 9.17) is 28.3 Å². The van der Waals surface area contributed by atoms with Crippen molar-refractivity contribution in [2.75, 3.05) is 13.2 Å². The van der Waals surface area contributed by atoms with Gasteiger partial charge in [0.25, 0.3) is 0 Å². The first-order valence-corrected chi connectivity index (χ1v) is 8.05. The SMILES string of the molecule is O=S(=O)(c1cc(Cl)sc1Cl)N1CCC[C@H]1CO. The fraction of sp³-hybridized carbons (Fsp3) is 0.556. The first-order valence-electron chi connectivity index (χ1n) is 5.04. The van der Waals surface area contributed by atoms with Crippen molar-refractivity contribution in [3.8, 4) is 0 Å². The molecule has 1 aromatic heterocycles. The molecule has 2 rings (SSSR count). The van der Waals surface area contributed by atoms with Crippen LogP contribution in [-0.4, -0.2) is 37.0 Å². The average molecular weight is 316 g/mol. The van der Waals surface area contributed by atoms with Crippen molar-refractivity contribution in [1.29, 1.82) is 0 Å². The lowest BCUT2D eigenvalue weighted by Crippen LogP contribution is -2.37. The van der Waals surface area contributed by atoms with E-state index in [1.807, 2.05) is 0 Å². The second-order valence-electron chi connectivity index (χ2n) is 3.78. The third-order valence-corrected chi connectivity index (χ3v) is 6.45. The number of thiophene rings is 1. The summed E-state index contributed by atoms with van der Waals surface area (Å²) < 4.78 is 26.4. The van der Waals surface area contributed by atoms with Crippen LogP contribution < -0.4 is 0 Å². The number of rotatable bonds is 3. The van der Waals surface area contributed by atoms with Crippen molar-refractivity contribution in [3.63, 3.8) is 0 Å². The first kappa shape index (κ1) is 13.6. The smallest absolute Gasteiger partial charge is 0.245 e. The number of hydrogen-bond donors (Lipinski definition) is 1. The highest BCUT2D eigenvalue weighted by atomic mass is 35.5. The fourth-order valence-corrected chi connectivity index (χ4v) is 5.73. The largest absolute Gasteiger partial charge is 0.395 e. The zero-order chi connectivity index (χ0) is 12.6. The summed E-state index contributed by atoms with van der Waals surface area (Å²) in [4.78, 5) is 0.0366. The Morgan fingerprint density at radius 2 is 2.24 bits per heavy atom. The van der Waals surface area contributed by atoms with Crippen LogP contribution in [0.5, 0.6) is 0 Å². The minimum atomic E-state index is -3.64. The van der Waals surface area contributed by atoms with Gasteiger partial charge < -0.3 is 5.11 Å². The molecule has 1 aliphatic rings.